The quantitative estimate of drug-likeness (QED) is 0.754. The first-order chi connectivity index (χ1) is 9.12. The summed E-state index contributed by atoms with van der Waals surface area (Å²) in [6.45, 7) is 2.64. The number of aliphatic carboxylic acids is 1. The molecule has 19 heavy (non-hydrogen) atoms. The Hall–Kier alpha value is -1.75. The molecule has 1 atom stereocenters. The molecule has 2 N–H and O–H groups in total. The van der Waals surface area contributed by atoms with Crippen LogP contribution in [0.15, 0.2) is 18.2 Å². The van der Waals surface area contributed by atoms with Gasteiger partial charge in [0.15, 0.2) is 17.6 Å². The summed E-state index contributed by atoms with van der Waals surface area (Å²) in [6, 6.07) is 5.48. The average Bonchev–Trinajstić information content (AvgIpc) is 2.39. The zero-order chi connectivity index (χ0) is 14.3. The standard InChI is InChI=1S/C14H21NO4/c1-4-5-12(14(16)17)19-11-7-6-10(9-15-2)8-13(11)18-3/h6-8,12,15H,4-5,9H2,1-3H3,(H,16,17). The van der Waals surface area contributed by atoms with Gasteiger partial charge in [-0.25, -0.2) is 4.79 Å². The number of methoxy groups -OCH3 is 1. The van der Waals surface area contributed by atoms with Gasteiger partial charge in [0.05, 0.1) is 7.11 Å². The summed E-state index contributed by atoms with van der Waals surface area (Å²) in [6.07, 6.45) is 0.377. The maximum Gasteiger partial charge on any atom is 0.344 e. The van der Waals surface area contributed by atoms with E-state index in [9.17, 15) is 4.79 Å². The smallest absolute Gasteiger partial charge is 0.344 e. The van der Waals surface area contributed by atoms with Crippen LogP contribution in [0.1, 0.15) is 25.3 Å². The second-order valence-corrected chi connectivity index (χ2v) is 4.25. The second kappa shape index (κ2) is 7.63. The van der Waals surface area contributed by atoms with Crippen molar-refractivity contribution in [3.63, 3.8) is 0 Å². The van der Waals surface area contributed by atoms with Crippen LogP contribution in [-0.4, -0.2) is 31.3 Å². The molecule has 0 aromatic heterocycles. The maximum atomic E-state index is 11.1. The molecule has 0 fully saturated rings. The monoisotopic (exact) mass is 267 g/mol. The number of ether oxygens (including phenoxy) is 2. The average molecular weight is 267 g/mol. The third-order valence-electron chi connectivity index (χ3n) is 2.70. The van der Waals surface area contributed by atoms with Crippen molar-refractivity contribution in [2.75, 3.05) is 14.2 Å². The van der Waals surface area contributed by atoms with Gasteiger partial charge >= 0.3 is 5.97 Å². The fourth-order valence-corrected chi connectivity index (χ4v) is 1.77. The minimum atomic E-state index is -0.955. The maximum absolute atomic E-state index is 11.1. The van der Waals surface area contributed by atoms with Crippen molar-refractivity contribution in [2.24, 2.45) is 0 Å². The normalized spacial score (nSPS) is 11.9. The van der Waals surface area contributed by atoms with Gasteiger partial charge in [-0.3, -0.25) is 0 Å². The molecule has 0 radical (unpaired) electrons. The summed E-state index contributed by atoms with van der Waals surface area (Å²) in [5.74, 6) is 0.0570. The van der Waals surface area contributed by atoms with Crippen LogP contribution in [0.25, 0.3) is 0 Å². The highest BCUT2D eigenvalue weighted by molar-refractivity contribution is 5.72. The Balaban J connectivity index is 2.89. The van der Waals surface area contributed by atoms with Crippen LogP contribution < -0.4 is 14.8 Å². The van der Waals surface area contributed by atoms with Crippen molar-refractivity contribution in [1.29, 1.82) is 0 Å². The van der Waals surface area contributed by atoms with E-state index < -0.39 is 12.1 Å². The molecule has 0 amide bonds. The van der Waals surface area contributed by atoms with Crippen molar-refractivity contribution < 1.29 is 19.4 Å². The fraction of sp³-hybridized carbons (Fsp3) is 0.500. The zero-order valence-corrected chi connectivity index (χ0v) is 11.6. The second-order valence-electron chi connectivity index (χ2n) is 4.25. The van der Waals surface area contributed by atoms with Crippen LogP contribution in [0.4, 0.5) is 0 Å². The molecular formula is C14H21NO4. The van der Waals surface area contributed by atoms with Gasteiger partial charge in [0.2, 0.25) is 0 Å². The van der Waals surface area contributed by atoms with Crippen molar-refractivity contribution >= 4 is 5.97 Å². The van der Waals surface area contributed by atoms with E-state index >= 15 is 0 Å². The number of nitrogens with one attached hydrogen (secondary N) is 1. The highest BCUT2D eigenvalue weighted by Crippen LogP contribution is 2.29. The predicted octanol–water partition coefficient (Wildman–Crippen LogP) is 2.05. The lowest BCUT2D eigenvalue weighted by Gasteiger charge is -2.17. The third kappa shape index (κ3) is 4.44. The number of hydrogen-bond donors (Lipinski definition) is 2. The fourth-order valence-electron chi connectivity index (χ4n) is 1.77. The molecule has 1 unspecified atom stereocenters. The molecular weight excluding hydrogens is 246 g/mol. The van der Waals surface area contributed by atoms with Gasteiger partial charge < -0.3 is 19.9 Å². The molecule has 0 saturated carbocycles. The lowest BCUT2D eigenvalue weighted by molar-refractivity contribution is -0.145. The minimum Gasteiger partial charge on any atom is -0.493 e. The van der Waals surface area contributed by atoms with Gasteiger partial charge in [0.1, 0.15) is 0 Å². The van der Waals surface area contributed by atoms with Crippen molar-refractivity contribution in [3.05, 3.63) is 23.8 Å². The first kappa shape index (κ1) is 15.3. The number of rotatable bonds is 8. The minimum absolute atomic E-state index is 0.461. The summed E-state index contributed by atoms with van der Waals surface area (Å²) in [4.78, 5) is 11.1. The molecule has 1 aromatic rings. The van der Waals surface area contributed by atoms with E-state index in [1.807, 2.05) is 26.1 Å². The van der Waals surface area contributed by atoms with Crippen LogP contribution in [0, 0.1) is 0 Å². The highest BCUT2D eigenvalue weighted by Gasteiger charge is 2.20. The van der Waals surface area contributed by atoms with E-state index in [4.69, 9.17) is 14.6 Å². The van der Waals surface area contributed by atoms with E-state index in [0.29, 0.717) is 24.5 Å². The molecule has 5 heteroatoms. The van der Waals surface area contributed by atoms with Crippen LogP contribution in [-0.2, 0) is 11.3 Å². The number of carboxylic acid groups (broad SMARTS) is 1. The molecule has 0 bridgehead atoms. The van der Waals surface area contributed by atoms with Gasteiger partial charge in [-0.1, -0.05) is 19.4 Å². The van der Waals surface area contributed by atoms with Crippen LogP contribution in [0.3, 0.4) is 0 Å². The van der Waals surface area contributed by atoms with Crippen LogP contribution >= 0.6 is 0 Å². The lowest BCUT2D eigenvalue weighted by atomic mass is 10.2. The van der Waals surface area contributed by atoms with Gasteiger partial charge in [0.25, 0.3) is 0 Å². The number of carbonyl (C=O) groups is 1. The zero-order valence-electron chi connectivity index (χ0n) is 11.6. The van der Waals surface area contributed by atoms with Crippen LogP contribution in [0.2, 0.25) is 0 Å². The summed E-state index contributed by atoms with van der Waals surface area (Å²) in [7, 11) is 3.40. The molecule has 106 valence electrons. The first-order valence-corrected chi connectivity index (χ1v) is 6.33. The molecule has 0 spiro atoms. The summed E-state index contributed by atoms with van der Waals surface area (Å²) < 4.78 is 10.8. The van der Waals surface area contributed by atoms with Crippen molar-refractivity contribution in [1.82, 2.24) is 5.32 Å². The van der Waals surface area contributed by atoms with E-state index in [0.717, 1.165) is 12.0 Å². The van der Waals surface area contributed by atoms with Gasteiger partial charge in [0, 0.05) is 6.54 Å². The summed E-state index contributed by atoms with van der Waals surface area (Å²) in [5.41, 5.74) is 1.05. The van der Waals surface area contributed by atoms with Crippen molar-refractivity contribution in [2.45, 2.75) is 32.4 Å². The Labute approximate surface area is 113 Å². The van der Waals surface area contributed by atoms with E-state index in [1.165, 1.54) is 0 Å². The van der Waals surface area contributed by atoms with E-state index in [1.54, 1.807) is 13.2 Å². The summed E-state index contributed by atoms with van der Waals surface area (Å²) in [5, 5.41) is 12.1. The largest absolute Gasteiger partial charge is 0.493 e. The Kier molecular flexibility index (Phi) is 6.15. The molecule has 0 saturated heterocycles. The van der Waals surface area contributed by atoms with Crippen LogP contribution in [0.5, 0.6) is 11.5 Å². The molecule has 5 nitrogen and oxygen atoms in total. The highest BCUT2D eigenvalue weighted by atomic mass is 16.5. The number of carboxylic acids is 1. The topological polar surface area (TPSA) is 67.8 Å². The number of benzene rings is 1. The SMILES string of the molecule is CCCC(Oc1ccc(CNC)cc1OC)C(=O)O. The first-order valence-electron chi connectivity index (χ1n) is 6.33. The molecule has 0 aliphatic heterocycles. The van der Waals surface area contributed by atoms with Gasteiger partial charge in [-0.2, -0.15) is 0 Å². The Morgan fingerprint density at radius 2 is 2.16 bits per heavy atom. The molecule has 1 aromatic carbocycles. The van der Waals surface area contributed by atoms with Gasteiger partial charge in [-0.15, -0.1) is 0 Å². The molecule has 1 rings (SSSR count). The van der Waals surface area contributed by atoms with Crippen molar-refractivity contribution in [3.8, 4) is 11.5 Å². The number of hydrogen-bond acceptors (Lipinski definition) is 4. The van der Waals surface area contributed by atoms with Gasteiger partial charge in [-0.05, 0) is 31.2 Å². The predicted molar refractivity (Wildman–Crippen MR) is 72.7 cm³/mol. The Morgan fingerprint density at radius 3 is 2.68 bits per heavy atom. The molecule has 0 aliphatic rings. The lowest BCUT2D eigenvalue weighted by Crippen LogP contribution is -2.26. The van der Waals surface area contributed by atoms with E-state index in [-0.39, 0.29) is 0 Å². The third-order valence-corrected chi connectivity index (χ3v) is 2.70. The molecule has 0 heterocycles. The van der Waals surface area contributed by atoms with E-state index in [2.05, 4.69) is 5.32 Å². The Morgan fingerprint density at radius 1 is 1.42 bits per heavy atom. The Bertz CT molecular complexity index is 420. The molecule has 0 aliphatic carbocycles. The summed E-state index contributed by atoms with van der Waals surface area (Å²) >= 11 is 0.